The molecule has 0 fully saturated rings. The molecule has 1 amide bonds. The Hall–Kier alpha value is -4.38. The van der Waals surface area contributed by atoms with Gasteiger partial charge in [0.2, 0.25) is 5.82 Å². The second-order valence-corrected chi connectivity index (χ2v) is 9.09. The number of halogens is 2. The van der Waals surface area contributed by atoms with Crippen LogP contribution in [0.15, 0.2) is 48.9 Å². The predicted octanol–water partition coefficient (Wildman–Crippen LogP) is 4.68. The van der Waals surface area contributed by atoms with Gasteiger partial charge in [0.25, 0.3) is 5.91 Å². The molecule has 0 saturated carbocycles. The van der Waals surface area contributed by atoms with E-state index in [-0.39, 0.29) is 17.2 Å². The number of hydrogen-bond acceptors (Lipinski definition) is 7. The summed E-state index contributed by atoms with van der Waals surface area (Å²) in [7, 11) is 1.28. The van der Waals surface area contributed by atoms with Crippen molar-refractivity contribution in [3.05, 3.63) is 71.7 Å². The van der Waals surface area contributed by atoms with Crippen molar-refractivity contribution in [2.75, 3.05) is 32.1 Å². The predicted molar refractivity (Wildman–Crippen MR) is 149 cm³/mol. The third-order valence-electron chi connectivity index (χ3n) is 6.51. The Balaban J connectivity index is 1.46. The first-order chi connectivity index (χ1) is 19.5. The highest BCUT2D eigenvalue weighted by atomic mass is 19.2. The number of nitrogens with one attached hydrogen (secondary N) is 3. The number of amides is 1. The number of anilines is 2. The van der Waals surface area contributed by atoms with E-state index in [2.05, 4.69) is 25.9 Å². The largest absolute Gasteiger partial charge is 0.494 e. The Morgan fingerprint density at radius 3 is 2.67 bits per heavy atom. The Kier molecular flexibility index (Phi) is 9.74. The lowest BCUT2D eigenvalue weighted by atomic mass is 10.0. The van der Waals surface area contributed by atoms with Crippen LogP contribution < -0.4 is 20.7 Å². The molecule has 0 aliphatic carbocycles. The number of carbonyl (C=O) groups is 2. The lowest BCUT2D eigenvalue weighted by Crippen LogP contribution is -2.25. The molecule has 0 unspecified atom stereocenters. The second kappa shape index (κ2) is 13.6. The van der Waals surface area contributed by atoms with E-state index in [9.17, 15) is 18.4 Å². The quantitative estimate of drug-likeness (QED) is 0.155. The van der Waals surface area contributed by atoms with E-state index in [0.29, 0.717) is 47.9 Å². The van der Waals surface area contributed by atoms with Gasteiger partial charge in [-0.05, 0) is 61.7 Å². The minimum Gasteiger partial charge on any atom is -0.494 e. The molecule has 4 rings (SSSR count). The highest BCUT2D eigenvalue weighted by molar-refractivity contribution is 5.96. The van der Waals surface area contributed by atoms with Crippen LogP contribution in [-0.4, -0.2) is 53.3 Å². The minimum absolute atomic E-state index is 0.0427. The number of rotatable bonds is 14. The van der Waals surface area contributed by atoms with E-state index in [0.717, 1.165) is 37.7 Å². The lowest BCUT2D eigenvalue weighted by Gasteiger charge is -2.13. The normalized spacial score (nSPS) is 11.0. The molecular formula is C29H32F2N6O3. The van der Waals surface area contributed by atoms with Crippen molar-refractivity contribution in [1.82, 2.24) is 25.0 Å². The van der Waals surface area contributed by atoms with E-state index >= 15 is 0 Å². The summed E-state index contributed by atoms with van der Waals surface area (Å²) in [5.74, 6) is -1.98. The fraction of sp³-hybridized carbons (Fsp3) is 0.310. The number of carbonyl (C=O) groups excluding carboxylic acids is 2. The Morgan fingerprint density at radius 2 is 1.90 bits per heavy atom. The number of ether oxygens (including phenoxy) is 1. The number of unbranched alkanes of at least 4 members (excludes halogenated alkanes) is 2. The standard InChI is InChI=1S/C29H32F2N6O3/c1-3-19-17-20(7-8-21(19)29(39)34-12-6-4-5-11-32-14-16-38)36-27-28-35-18-23(37(28)15-13-33-27)22-9-10-24(40-2)26(31)25(22)30/h7-10,13,15-18,32H,3-6,11-12,14H2,1-2H3,(H,33,36)(H,34,39). The van der Waals surface area contributed by atoms with Crippen LogP contribution in [0.3, 0.4) is 0 Å². The maximum atomic E-state index is 14.8. The number of hydrogen-bond donors (Lipinski definition) is 3. The summed E-state index contributed by atoms with van der Waals surface area (Å²) in [6.45, 7) is 3.69. The average Bonchev–Trinajstić information content (AvgIpc) is 3.40. The molecule has 2 aromatic heterocycles. The summed E-state index contributed by atoms with van der Waals surface area (Å²) in [6, 6.07) is 8.26. The number of aromatic nitrogens is 3. The van der Waals surface area contributed by atoms with Gasteiger partial charge in [-0.2, -0.15) is 4.39 Å². The van der Waals surface area contributed by atoms with Gasteiger partial charge >= 0.3 is 0 Å². The zero-order chi connectivity index (χ0) is 28.5. The first kappa shape index (κ1) is 28.6. The molecule has 0 bridgehead atoms. The molecule has 11 heteroatoms. The zero-order valence-electron chi connectivity index (χ0n) is 22.5. The molecule has 9 nitrogen and oxygen atoms in total. The molecule has 210 valence electrons. The number of fused-ring (bicyclic) bond motifs is 1. The summed E-state index contributed by atoms with van der Waals surface area (Å²) in [6.07, 6.45) is 8.85. The van der Waals surface area contributed by atoms with Crippen LogP contribution in [0, 0.1) is 11.6 Å². The summed E-state index contributed by atoms with van der Waals surface area (Å²) in [5.41, 5.74) is 3.01. The van der Waals surface area contributed by atoms with E-state index in [4.69, 9.17) is 4.74 Å². The van der Waals surface area contributed by atoms with Gasteiger partial charge in [0, 0.05) is 35.8 Å². The summed E-state index contributed by atoms with van der Waals surface area (Å²) in [5, 5.41) is 9.23. The van der Waals surface area contributed by atoms with Crippen molar-refractivity contribution in [3.8, 4) is 17.0 Å². The smallest absolute Gasteiger partial charge is 0.251 e. The van der Waals surface area contributed by atoms with Crippen LogP contribution >= 0.6 is 0 Å². The van der Waals surface area contributed by atoms with Gasteiger partial charge in [-0.3, -0.25) is 9.20 Å². The molecule has 0 spiro atoms. The van der Waals surface area contributed by atoms with Gasteiger partial charge in [-0.15, -0.1) is 0 Å². The molecule has 0 saturated heterocycles. The number of aldehydes is 1. The first-order valence-corrected chi connectivity index (χ1v) is 13.1. The number of imidazole rings is 1. The van der Waals surface area contributed by atoms with Crippen LogP contribution in [0.4, 0.5) is 20.3 Å². The number of nitrogens with zero attached hydrogens (tertiary/aromatic N) is 3. The maximum absolute atomic E-state index is 14.8. The summed E-state index contributed by atoms with van der Waals surface area (Å²) < 4.78 is 35.6. The van der Waals surface area contributed by atoms with Crippen molar-refractivity contribution < 1.29 is 23.1 Å². The third-order valence-corrected chi connectivity index (χ3v) is 6.51. The van der Waals surface area contributed by atoms with Gasteiger partial charge in [0.1, 0.15) is 6.29 Å². The van der Waals surface area contributed by atoms with Gasteiger partial charge in [0.15, 0.2) is 23.0 Å². The van der Waals surface area contributed by atoms with Crippen molar-refractivity contribution in [3.63, 3.8) is 0 Å². The highest BCUT2D eigenvalue weighted by Crippen LogP contribution is 2.31. The summed E-state index contributed by atoms with van der Waals surface area (Å²) in [4.78, 5) is 31.9. The third kappa shape index (κ3) is 6.42. The first-order valence-electron chi connectivity index (χ1n) is 13.1. The monoisotopic (exact) mass is 550 g/mol. The van der Waals surface area contributed by atoms with Crippen LogP contribution in [0.1, 0.15) is 42.1 Å². The molecule has 0 aliphatic rings. The van der Waals surface area contributed by atoms with Crippen LogP contribution in [0.2, 0.25) is 0 Å². The average molecular weight is 551 g/mol. The highest BCUT2D eigenvalue weighted by Gasteiger charge is 2.19. The molecule has 4 aromatic rings. The van der Waals surface area contributed by atoms with Crippen molar-refractivity contribution in [2.45, 2.75) is 32.6 Å². The lowest BCUT2D eigenvalue weighted by molar-refractivity contribution is -0.107. The zero-order valence-corrected chi connectivity index (χ0v) is 22.5. The van der Waals surface area contributed by atoms with Crippen molar-refractivity contribution >= 4 is 29.3 Å². The SMILES string of the molecule is CCc1cc(Nc2nccn3c(-c4ccc(OC)c(F)c4F)cnc23)ccc1C(=O)NCCCCCNCC=O. The molecule has 3 N–H and O–H groups in total. The molecule has 2 aromatic carbocycles. The minimum atomic E-state index is -1.07. The van der Waals surface area contributed by atoms with Crippen LogP contribution in [-0.2, 0) is 11.2 Å². The van der Waals surface area contributed by atoms with Gasteiger partial charge in [-0.1, -0.05) is 13.3 Å². The van der Waals surface area contributed by atoms with Gasteiger partial charge in [-0.25, -0.2) is 14.4 Å². The topological polar surface area (TPSA) is 110 Å². The molecular weight excluding hydrogens is 518 g/mol. The van der Waals surface area contributed by atoms with Crippen molar-refractivity contribution in [2.24, 2.45) is 0 Å². The van der Waals surface area contributed by atoms with Crippen LogP contribution in [0.5, 0.6) is 5.75 Å². The van der Waals surface area contributed by atoms with Gasteiger partial charge < -0.3 is 25.5 Å². The molecule has 2 heterocycles. The second-order valence-electron chi connectivity index (χ2n) is 9.09. The van der Waals surface area contributed by atoms with E-state index in [1.807, 2.05) is 13.0 Å². The van der Waals surface area contributed by atoms with Gasteiger partial charge in [0.05, 0.1) is 25.5 Å². The Labute approximate surface area is 231 Å². The molecule has 0 aliphatic heterocycles. The molecule has 0 atom stereocenters. The Bertz CT molecular complexity index is 1490. The number of aryl methyl sites for hydroxylation is 1. The Morgan fingerprint density at radius 1 is 1.07 bits per heavy atom. The van der Waals surface area contributed by atoms with E-state index in [1.54, 1.807) is 28.9 Å². The maximum Gasteiger partial charge on any atom is 0.251 e. The number of methoxy groups -OCH3 is 1. The molecule has 40 heavy (non-hydrogen) atoms. The number of benzene rings is 2. The molecule has 0 radical (unpaired) electrons. The summed E-state index contributed by atoms with van der Waals surface area (Å²) >= 11 is 0. The van der Waals surface area contributed by atoms with Crippen LogP contribution in [0.25, 0.3) is 16.9 Å². The van der Waals surface area contributed by atoms with E-state index < -0.39 is 11.6 Å². The van der Waals surface area contributed by atoms with E-state index in [1.165, 1.54) is 25.4 Å². The van der Waals surface area contributed by atoms with Crippen molar-refractivity contribution in [1.29, 1.82) is 0 Å². The fourth-order valence-electron chi connectivity index (χ4n) is 4.43. The fourth-order valence-corrected chi connectivity index (χ4v) is 4.43.